The lowest BCUT2D eigenvalue weighted by Crippen LogP contribution is -2.29. The average molecular weight is 283 g/mol. The van der Waals surface area contributed by atoms with Gasteiger partial charge in [0.1, 0.15) is 5.65 Å². The molecular weight excluding hydrogens is 264 g/mol. The first-order chi connectivity index (χ1) is 8.66. The highest BCUT2D eigenvalue weighted by Gasteiger charge is 2.08. The minimum atomic E-state index is 0. The number of nitrogens with one attached hydrogen (secondary N) is 2. The molecule has 0 aliphatic carbocycles. The van der Waals surface area contributed by atoms with Gasteiger partial charge in [-0.25, -0.2) is 4.98 Å². The Morgan fingerprint density at radius 2 is 2.37 bits per heavy atom. The molecule has 0 aliphatic rings. The van der Waals surface area contributed by atoms with Gasteiger partial charge in [-0.15, -0.1) is 12.4 Å². The zero-order chi connectivity index (χ0) is 13.0. The summed E-state index contributed by atoms with van der Waals surface area (Å²) < 4.78 is 0. The number of rotatable bonds is 5. The first kappa shape index (κ1) is 15.5. The largest absolute Gasteiger partial charge is 0.356 e. The van der Waals surface area contributed by atoms with E-state index in [1.807, 2.05) is 25.3 Å². The van der Waals surface area contributed by atoms with E-state index in [1.165, 1.54) is 0 Å². The Morgan fingerprint density at radius 1 is 1.58 bits per heavy atom. The van der Waals surface area contributed by atoms with Crippen LogP contribution >= 0.6 is 12.4 Å². The normalized spacial score (nSPS) is 11.9. The monoisotopic (exact) mass is 282 g/mol. The van der Waals surface area contributed by atoms with Crippen molar-refractivity contribution in [3.05, 3.63) is 30.1 Å². The standard InChI is InChI=1S/C13H18N4O.ClH/c1-9(14)4-6-15-12(18)7-10-8-17-13-11(10)3-2-5-16-13;/h2-3,5,8-9H,4,6-7,14H2,1H3,(H,15,18)(H,16,17);1H. The summed E-state index contributed by atoms with van der Waals surface area (Å²) in [4.78, 5) is 19.0. The Hall–Kier alpha value is -1.59. The molecule has 104 valence electrons. The van der Waals surface area contributed by atoms with E-state index in [-0.39, 0.29) is 24.4 Å². The number of hydrogen-bond donors (Lipinski definition) is 3. The van der Waals surface area contributed by atoms with Gasteiger partial charge >= 0.3 is 0 Å². The predicted molar refractivity (Wildman–Crippen MR) is 78.3 cm³/mol. The molecule has 1 amide bonds. The number of carbonyl (C=O) groups excluding carboxylic acids is 1. The Bertz CT molecular complexity index is 538. The number of halogens is 1. The van der Waals surface area contributed by atoms with E-state index in [1.54, 1.807) is 6.20 Å². The van der Waals surface area contributed by atoms with Gasteiger partial charge in [-0.2, -0.15) is 0 Å². The molecule has 19 heavy (non-hydrogen) atoms. The lowest BCUT2D eigenvalue weighted by molar-refractivity contribution is -0.120. The second kappa shape index (κ2) is 7.11. The first-order valence-electron chi connectivity index (χ1n) is 6.10. The molecule has 1 atom stereocenters. The molecule has 0 saturated heterocycles. The van der Waals surface area contributed by atoms with Gasteiger partial charge in [0.15, 0.2) is 0 Å². The lowest BCUT2D eigenvalue weighted by Gasteiger charge is -2.06. The van der Waals surface area contributed by atoms with Crippen molar-refractivity contribution >= 4 is 29.3 Å². The molecule has 1 unspecified atom stereocenters. The number of pyridine rings is 1. The maximum absolute atomic E-state index is 11.7. The maximum atomic E-state index is 11.7. The zero-order valence-corrected chi connectivity index (χ0v) is 11.7. The van der Waals surface area contributed by atoms with Crippen LogP contribution in [0.15, 0.2) is 24.5 Å². The van der Waals surface area contributed by atoms with Crippen molar-refractivity contribution in [2.24, 2.45) is 5.73 Å². The van der Waals surface area contributed by atoms with Crippen LogP contribution in [0.3, 0.4) is 0 Å². The molecule has 5 nitrogen and oxygen atoms in total. The molecule has 0 radical (unpaired) electrons. The Labute approximate surface area is 118 Å². The molecule has 2 rings (SSSR count). The summed E-state index contributed by atoms with van der Waals surface area (Å²) in [5.74, 6) is 0.0143. The zero-order valence-electron chi connectivity index (χ0n) is 10.8. The number of carbonyl (C=O) groups is 1. The van der Waals surface area contributed by atoms with Crippen LogP contribution in [0.2, 0.25) is 0 Å². The number of amides is 1. The molecule has 2 aromatic rings. The molecular formula is C13H19ClN4O. The van der Waals surface area contributed by atoms with E-state index in [9.17, 15) is 4.79 Å². The minimum Gasteiger partial charge on any atom is -0.356 e. The number of fused-ring (bicyclic) bond motifs is 1. The van der Waals surface area contributed by atoms with Gasteiger partial charge in [0, 0.05) is 30.4 Å². The van der Waals surface area contributed by atoms with E-state index in [0.717, 1.165) is 23.0 Å². The van der Waals surface area contributed by atoms with Crippen LogP contribution < -0.4 is 11.1 Å². The van der Waals surface area contributed by atoms with E-state index in [0.29, 0.717) is 13.0 Å². The molecule has 0 saturated carbocycles. The van der Waals surface area contributed by atoms with E-state index < -0.39 is 0 Å². The van der Waals surface area contributed by atoms with Crippen LogP contribution in [0, 0.1) is 0 Å². The number of aromatic nitrogens is 2. The van der Waals surface area contributed by atoms with Gasteiger partial charge < -0.3 is 16.0 Å². The average Bonchev–Trinajstić information content (AvgIpc) is 2.72. The van der Waals surface area contributed by atoms with Gasteiger partial charge in [0.05, 0.1) is 6.42 Å². The third kappa shape index (κ3) is 4.22. The van der Waals surface area contributed by atoms with Gasteiger partial charge in [-0.05, 0) is 31.0 Å². The fraction of sp³-hybridized carbons (Fsp3) is 0.385. The predicted octanol–water partition coefficient (Wildman–Crippen LogP) is 1.38. The Morgan fingerprint density at radius 3 is 3.11 bits per heavy atom. The van der Waals surface area contributed by atoms with Gasteiger partial charge in [0.2, 0.25) is 5.91 Å². The Balaban J connectivity index is 0.00000180. The van der Waals surface area contributed by atoms with Crippen molar-refractivity contribution in [1.29, 1.82) is 0 Å². The molecule has 0 bridgehead atoms. The number of H-pyrrole nitrogens is 1. The molecule has 6 heteroatoms. The van der Waals surface area contributed by atoms with Gasteiger partial charge in [0.25, 0.3) is 0 Å². The van der Waals surface area contributed by atoms with Crippen LogP contribution in [0.5, 0.6) is 0 Å². The SMILES string of the molecule is CC(N)CCNC(=O)Cc1c[nH]c2ncccc12.Cl. The first-order valence-corrected chi connectivity index (χ1v) is 6.10. The second-order valence-electron chi connectivity index (χ2n) is 4.51. The number of aromatic amines is 1. The molecule has 0 aliphatic heterocycles. The summed E-state index contributed by atoms with van der Waals surface area (Å²) in [5, 5.41) is 3.86. The molecule has 4 N–H and O–H groups in total. The van der Waals surface area contributed by atoms with Crippen molar-refractivity contribution in [1.82, 2.24) is 15.3 Å². The van der Waals surface area contributed by atoms with Crippen LogP contribution in [-0.2, 0) is 11.2 Å². The summed E-state index contributed by atoms with van der Waals surface area (Å²) in [5.41, 5.74) is 7.41. The summed E-state index contributed by atoms with van der Waals surface area (Å²) in [6, 6.07) is 3.94. The topological polar surface area (TPSA) is 83.8 Å². The highest BCUT2D eigenvalue weighted by molar-refractivity contribution is 5.87. The lowest BCUT2D eigenvalue weighted by atomic mass is 10.1. The van der Waals surface area contributed by atoms with Crippen molar-refractivity contribution in [3.8, 4) is 0 Å². The molecule has 2 heterocycles. The summed E-state index contributed by atoms with van der Waals surface area (Å²) >= 11 is 0. The third-order valence-corrected chi connectivity index (χ3v) is 2.81. The third-order valence-electron chi connectivity index (χ3n) is 2.81. The second-order valence-corrected chi connectivity index (χ2v) is 4.51. The van der Waals surface area contributed by atoms with Crippen molar-refractivity contribution in [2.45, 2.75) is 25.8 Å². The quantitative estimate of drug-likeness (QED) is 0.775. The fourth-order valence-corrected chi connectivity index (χ4v) is 1.83. The summed E-state index contributed by atoms with van der Waals surface area (Å²) in [7, 11) is 0. The van der Waals surface area contributed by atoms with Crippen LogP contribution in [0.25, 0.3) is 11.0 Å². The van der Waals surface area contributed by atoms with Crippen molar-refractivity contribution in [2.75, 3.05) is 6.54 Å². The Kier molecular flexibility index (Phi) is 5.79. The molecule has 2 aromatic heterocycles. The molecule has 0 spiro atoms. The van der Waals surface area contributed by atoms with Crippen LogP contribution in [0.4, 0.5) is 0 Å². The highest BCUT2D eigenvalue weighted by Crippen LogP contribution is 2.15. The van der Waals surface area contributed by atoms with Gasteiger partial charge in [-0.3, -0.25) is 4.79 Å². The summed E-state index contributed by atoms with van der Waals surface area (Å²) in [6.07, 6.45) is 4.72. The number of nitrogens with zero attached hydrogens (tertiary/aromatic N) is 1. The fourth-order valence-electron chi connectivity index (χ4n) is 1.83. The highest BCUT2D eigenvalue weighted by atomic mass is 35.5. The van der Waals surface area contributed by atoms with E-state index >= 15 is 0 Å². The van der Waals surface area contributed by atoms with E-state index in [2.05, 4.69) is 15.3 Å². The number of nitrogens with two attached hydrogens (primary N) is 1. The van der Waals surface area contributed by atoms with Crippen molar-refractivity contribution < 1.29 is 4.79 Å². The van der Waals surface area contributed by atoms with Crippen LogP contribution in [-0.4, -0.2) is 28.5 Å². The number of hydrogen-bond acceptors (Lipinski definition) is 3. The molecule has 0 fully saturated rings. The minimum absolute atomic E-state index is 0. The van der Waals surface area contributed by atoms with E-state index in [4.69, 9.17) is 5.73 Å². The summed E-state index contributed by atoms with van der Waals surface area (Å²) in [6.45, 7) is 2.55. The van der Waals surface area contributed by atoms with Crippen LogP contribution in [0.1, 0.15) is 18.9 Å². The van der Waals surface area contributed by atoms with Gasteiger partial charge in [-0.1, -0.05) is 0 Å². The maximum Gasteiger partial charge on any atom is 0.224 e. The van der Waals surface area contributed by atoms with Crippen molar-refractivity contribution in [3.63, 3.8) is 0 Å². The smallest absolute Gasteiger partial charge is 0.224 e. The molecule has 0 aromatic carbocycles.